The standard InChI is InChI=1S/C24H27N7O3/c1-30-9-11-31(12-10-30)17-4-2-16(3-5-17)28-24(33)21-18(6-7-27-23(21)32)29-20-15-25-14-19-22(20)34-13-8-26-19/h2-7,14-15,26H,8-13H2,1H3,(H,28,33)(H2,27,29,32). The van der Waals surface area contributed by atoms with Crippen molar-refractivity contribution < 1.29 is 9.53 Å². The maximum atomic E-state index is 13.1. The molecule has 34 heavy (non-hydrogen) atoms. The number of hydrogen-bond donors (Lipinski definition) is 4. The van der Waals surface area contributed by atoms with Crippen LogP contribution < -0.4 is 31.1 Å². The lowest BCUT2D eigenvalue weighted by molar-refractivity contribution is 0.102. The summed E-state index contributed by atoms with van der Waals surface area (Å²) in [5, 5.41) is 9.20. The van der Waals surface area contributed by atoms with Crippen LogP contribution in [0.3, 0.4) is 0 Å². The molecule has 0 bridgehead atoms. The van der Waals surface area contributed by atoms with Crippen molar-refractivity contribution in [1.29, 1.82) is 0 Å². The maximum Gasteiger partial charge on any atom is 0.263 e. The number of carbonyl (C=O) groups is 1. The van der Waals surface area contributed by atoms with Crippen molar-refractivity contribution >= 4 is 34.3 Å². The van der Waals surface area contributed by atoms with Crippen LogP contribution in [0, 0.1) is 0 Å². The highest BCUT2D eigenvalue weighted by Gasteiger charge is 2.20. The molecule has 2 aliphatic heterocycles. The van der Waals surface area contributed by atoms with Crippen molar-refractivity contribution in [2.45, 2.75) is 0 Å². The molecule has 0 radical (unpaired) electrons. The second-order valence-electron chi connectivity index (χ2n) is 8.35. The summed E-state index contributed by atoms with van der Waals surface area (Å²) in [6, 6.07) is 9.32. The minimum atomic E-state index is -0.506. The SMILES string of the molecule is CN1CCN(c2ccc(NC(=O)c3c(Nc4cncc5c4OCCN5)cc[nH]c3=O)cc2)CC1. The third-order valence-corrected chi connectivity index (χ3v) is 6.01. The van der Waals surface area contributed by atoms with Crippen LogP contribution in [0.4, 0.5) is 28.4 Å². The maximum absolute atomic E-state index is 13.1. The number of fused-ring (bicyclic) bond motifs is 1. The van der Waals surface area contributed by atoms with E-state index in [0.29, 0.717) is 36.0 Å². The van der Waals surface area contributed by atoms with Gasteiger partial charge in [0.05, 0.1) is 23.8 Å². The van der Waals surface area contributed by atoms with Gasteiger partial charge in [-0.1, -0.05) is 0 Å². The number of hydrogen-bond acceptors (Lipinski definition) is 8. The predicted molar refractivity (Wildman–Crippen MR) is 133 cm³/mol. The number of amides is 1. The molecule has 2 aromatic heterocycles. The molecule has 4 heterocycles. The average Bonchev–Trinajstić information content (AvgIpc) is 2.85. The number of aromatic amines is 1. The monoisotopic (exact) mass is 461 g/mol. The van der Waals surface area contributed by atoms with Gasteiger partial charge in [0.2, 0.25) is 0 Å². The number of aromatic nitrogens is 2. The summed E-state index contributed by atoms with van der Waals surface area (Å²) in [6.07, 6.45) is 4.77. The Hall–Kier alpha value is -4.05. The van der Waals surface area contributed by atoms with Crippen LogP contribution in [0.15, 0.2) is 53.7 Å². The second-order valence-corrected chi connectivity index (χ2v) is 8.35. The molecule has 10 nitrogen and oxygen atoms in total. The van der Waals surface area contributed by atoms with Crippen molar-refractivity contribution in [3.8, 4) is 5.75 Å². The Morgan fingerprint density at radius 2 is 1.85 bits per heavy atom. The van der Waals surface area contributed by atoms with E-state index in [2.05, 4.69) is 42.8 Å². The molecule has 1 fully saturated rings. The predicted octanol–water partition coefficient (Wildman–Crippen LogP) is 2.32. The molecule has 5 rings (SSSR count). The van der Waals surface area contributed by atoms with Crippen LogP contribution >= 0.6 is 0 Å². The fraction of sp³-hybridized carbons (Fsp3) is 0.292. The molecule has 1 aromatic carbocycles. The molecule has 4 N–H and O–H groups in total. The highest BCUT2D eigenvalue weighted by molar-refractivity contribution is 6.08. The Kier molecular flexibility index (Phi) is 6.05. The summed E-state index contributed by atoms with van der Waals surface area (Å²) in [5.74, 6) is 0.0980. The number of pyridine rings is 2. The lowest BCUT2D eigenvalue weighted by Crippen LogP contribution is -2.44. The fourth-order valence-electron chi connectivity index (χ4n) is 4.12. The van der Waals surface area contributed by atoms with Gasteiger partial charge in [0.1, 0.15) is 17.9 Å². The molecule has 0 saturated carbocycles. The van der Waals surface area contributed by atoms with Crippen LogP contribution in [-0.4, -0.2) is 67.2 Å². The Morgan fingerprint density at radius 1 is 1.06 bits per heavy atom. The zero-order valence-corrected chi connectivity index (χ0v) is 18.9. The summed E-state index contributed by atoms with van der Waals surface area (Å²) >= 11 is 0. The summed E-state index contributed by atoms with van der Waals surface area (Å²) in [7, 11) is 2.12. The van der Waals surface area contributed by atoms with Gasteiger partial charge in [-0.15, -0.1) is 0 Å². The molecule has 3 aromatic rings. The molecule has 176 valence electrons. The van der Waals surface area contributed by atoms with E-state index in [-0.39, 0.29) is 5.56 Å². The lowest BCUT2D eigenvalue weighted by atomic mass is 10.2. The van der Waals surface area contributed by atoms with Gasteiger partial charge in [-0.25, -0.2) is 0 Å². The largest absolute Gasteiger partial charge is 0.487 e. The van der Waals surface area contributed by atoms with Crippen molar-refractivity contribution in [3.63, 3.8) is 0 Å². The van der Waals surface area contributed by atoms with E-state index in [1.165, 1.54) is 6.20 Å². The number of H-pyrrole nitrogens is 1. The molecular formula is C24H27N7O3. The number of nitrogens with zero attached hydrogens (tertiary/aromatic N) is 3. The number of anilines is 5. The quantitative estimate of drug-likeness (QED) is 0.458. The Balaban J connectivity index is 1.34. The molecule has 2 aliphatic rings. The van der Waals surface area contributed by atoms with Crippen LogP contribution in [0.2, 0.25) is 0 Å². The van der Waals surface area contributed by atoms with Crippen molar-refractivity contribution in [2.24, 2.45) is 0 Å². The Morgan fingerprint density at radius 3 is 2.65 bits per heavy atom. The van der Waals surface area contributed by atoms with E-state index in [0.717, 1.165) is 37.6 Å². The number of carbonyl (C=O) groups excluding carboxylic acids is 1. The molecule has 0 atom stereocenters. The molecular weight excluding hydrogens is 434 g/mol. The number of rotatable bonds is 5. The first-order chi connectivity index (χ1) is 16.6. The summed E-state index contributed by atoms with van der Waals surface area (Å²) in [4.78, 5) is 37.1. The van der Waals surface area contributed by atoms with Gasteiger partial charge in [-0.3, -0.25) is 14.6 Å². The molecule has 0 spiro atoms. The number of benzene rings is 1. The molecule has 1 saturated heterocycles. The minimum absolute atomic E-state index is 0.0213. The smallest absolute Gasteiger partial charge is 0.263 e. The molecule has 0 aliphatic carbocycles. The highest BCUT2D eigenvalue weighted by atomic mass is 16.5. The van der Waals surface area contributed by atoms with Crippen LogP contribution in [0.5, 0.6) is 5.75 Å². The zero-order valence-electron chi connectivity index (χ0n) is 18.9. The summed E-state index contributed by atoms with van der Waals surface area (Å²) in [6.45, 7) is 5.17. The van der Waals surface area contributed by atoms with Crippen LogP contribution in [-0.2, 0) is 0 Å². The van der Waals surface area contributed by atoms with Crippen molar-refractivity contribution in [3.05, 3.63) is 64.8 Å². The molecule has 0 unspecified atom stereocenters. The van der Waals surface area contributed by atoms with Gasteiger partial charge >= 0.3 is 0 Å². The topological polar surface area (TPSA) is 115 Å². The first kappa shape index (κ1) is 21.8. The molecule has 1 amide bonds. The van der Waals surface area contributed by atoms with Crippen molar-refractivity contribution in [2.75, 3.05) is 67.2 Å². The number of ether oxygens (including phenoxy) is 1. The van der Waals surface area contributed by atoms with Gasteiger partial charge < -0.3 is 35.5 Å². The lowest BCUT2D eigenvalue weighted by Gasteiger charge is -2.34. The van der Waals surface area contributed by atoms with E-state index in [1.54, 1.807) is 18.5 Å². The number of likely N-dealkylation sites (N-methyl/N-ethyl adjacent to an activating group) is 1. The first-order valence-corrected chi connectivity index (χ1v) is 11.3. The van der Waals surface area contributed by atoms with Crippen LogP contribution in [0.1, 0.15) is 10.4 Å². The van der Waals surface area contributed by atoms with Gasteiger partial charge in [0.15, 0.2) is 5.75 Å². The fourth-order valence-corrected chi connectivity index (χ4v) is 4.12. The summed E-state index contributed by atoms with van der Waals surface area (Å²) < 4.78 is 5.76. The van der Waals surface area contributed by atoms with E-state index in [9.17, 15) is 9.59 Å². The second kappa shape index (κ2) is 9.44. The highest BCUT2D eigenvalue weighted by Crippen LogP contribution is 2.36. The minimum Gasteiger partial charge on any atom is -0.487 e. The Labute approximate surface area is 196 Å². The van der Waals surface area contributed by atoms with E-state index >= 15 is 0 Å². The normalized spacial score (nSPS) is 15.6. The number of piperazine rings is 1. The van der Waals surface area contributed by atoms with Gasteiger partial charge in [-0.2, -0.15) is 0 Å². The molecule has 10 heteroatoms. The first-order valence-electron chi connectivity index (χ1n) is 11.3. The third kappa shape index (κ3) is 4.53. The average molecular weight is 462 g/mol. The summed E-state index contributed by atoms with van der Waals surface area (Å²) in [5.41, 5.74) is 2.90. The Bertz CT molecular complexity index is 1230. The van der Waals surface area contributed by atoms with Crippen LogP contribution in [0.25, 0.3) is 0 Å². The number of nitrogens with one attached hydrogen (secondary N) is 4. The third-order valence-electron chi connectivity index (χ3n) is 6.01. The van der Waals surface area contributed by atoms with Crippen molar-refractivity contribution in [1.82, 2.24) is 14.9 Å². The van der Waals surface area contributed by atoms with E-state index < -0.39 is 11.5 Å². The van der Waals surface area contributed by atoms with E-state index in [4.69, 9.17) is 4.74 Å². The van der Waals surface area contributed by atoms with Gasteiger partial charge in [-0.05, 0) is 37.4 Å². The zero-order chi connectivity index (χ0) is 23.5. The van der Waals surface area contributed by atoms with Gasteiger partial charge in [0.25, 0.3) is 11.5 Å². The van der Waals surface area contributed by atoms with Gasteiger partial charge in [0, 0.05) is 50.3 Å². The van der Waals surface area contributed by atoms with E-state index in [1.807, 2.05) is 24.3 Å².